The van der Waals surface area contributed by atoms with Gasteiger partial charge in [0, 0.05) is 37.3 Å². The van der Waals surface area contributed by atoms with Crippen LogP contribution in [0.15, 0.2) is 18.3 Å². The van der Waals surface area contributed by atoms with Crippen LogP contribution >= 0.6 is 0 Å². The van der Waals surface area contributed by atoms with Crippen molar-refractivity contribution in [2.24, 2.45) is 5.92 Å². The summed E-state index contributed by atoms with van der Waals surface area (Å²) in [5, 5.41) is 2.86. The van der Waals surface area contributed by atoms with Gasteiger partial charge in [0.25, 0.3) is 0 Å². The first kappa shape index (κ1) is 15.3. The number of likely N-dealkylation sites (tertiary alicyclic amines) is 1. The van der Waals surface area contributed by atoms with E-state index in [2.05, 4.69) is 10.3 Å². The Kier molecular flexibility index (Phi) is 4.77. The topological polar surface area (TPSA) is 71.5 Å². The van der Waals surface area contributed by atoms with Crippen molar-refractivity contribution < 1.29 is 14.3 Å². The van der Waals surface area contributed by atoms with Crippen LogP contribution in [0.5, 0.6) is 5.88 Å². The second-order valence-electron chi connectivity index (χ2n) is 5.43. The molecule has 1 aromatic rings. The van der Waals surface area contributed by atoms with Crippen LogP contribution in [0.3, 0.4) is 0 Å². The van der Waals surface area contributed by atoms with Crippen molar-refractivity contribution in [3.8, 4) is 5.88 Å². The molecule has 6 heteroatoms. The minimum absolute atomic E-state index is 0.0455. The molecular weight excluding hydrogens is 270 g/mol. The lowest BCUT2D eigenvalue weighted by molar-refractivity contribution is -0.130. The van der Waals surface area contributed by atoms with Gasteiger partial charge in [0.2, 0.25) is 17.7 Å². The average molecular weight is 291 g/mol. The van der Waals surface area contributed by atoms with Crippen LogP contribution in [0.1, 0.15) is 25.8 Å². The summed E-state index contributed by atoms with van der Waals surface area (Å²) in [6.07, 6.45) is 1.93. The summed E-state index contributed by atoms with van der Waals surface area (Å²) in [5.74, 6) is 0.174. The number of amides is 2. The summed E-state index contributed by atoms with van der Waals surface area (Å²) in [6.45, 7) is 4.76. The summed E-state index contributed by atoms with van der Waals surface area (Å²) < 4.78 is 5.14. The monoisotopic (exact) mass is 291 g/mol. The van der Waals surface area contributed by atoms with Crippen molar-refractivity contribution in [3.63, 3.8) is 0 Å². The second-order valence-corrected chi connectivity index (χ2v) is 5.43. The maximum Gasteiger partial charge on any atom is 0.225 e. The predicted molar refractivity (Wildman–Crippen MR) is 77.6 cm³/mol. The van der Waals surface area contributed by atoms with Crippen molar-refractivity contribution in [2.75, 3.05) is 13.7 Å². The first-order chi connectivity index (χ1) is 10.0. The Morgan fingerprint density at radius 2 is 2.33 bits per heavy atom. The summed E-state index contributed by atoms with van der Waals surface area (Å²) in [4.78, 5) is 29.8. The third-order valence-corrected chi connectivity index (χ3v) is 3.65. The van der Waals surface area contributed by atoms with Gasteiger partial charge in [0.1, 0.15) is 0 Å². The Balaban J connectivity index is 1.92. The predicted octanol–water partition coefficient (Wildman–Crippen LogP) is 0.963. The highest BCUT2D eigenvalue weighted by Crippen LogP contribution is 2.20. The van der Waals surface area contributed by atoms with Crippen LogP contribution in [0.2, 0.25) is 0 Å². The van der Waals surface area contributed by atoms with E-state index >= 15 is 0 Å². The van der Waals surface area contributed by atoms with Gasteiger partial charge in [-0.3, -0.25) is 9.59 Å². The molecule has 0 aromatic carbocycles. The zero-order valence-corrected chi connectivity index (χ0v) is 12.6. The molecule has 0 bridgehead atoms. The quantitative estimate of drug-likeness (QED) is 0.877. The summed E-state index contributed by atoms with van der Waals surface area (Å²) in [6, 6.07) is 3.78. The largest absolute Gasteiger partial charge is 0.481 e. The van der Waals surface area contributed by atoms with Crippen molar-refractivity contribution >= 4 is 11.8 Å². The van der Waals surface area contributed by atoms with Gasteiger partial charge in [-0.2, -0.15) is 0 Å². The molecule has 0 spiro atoms. The standard InChI is InChI=1S/C15H21N3O3/c1-10(2)18-9-12(7-13(18)19)14(20)17-8-11-5-4-6-16-15(11)21-3/h4-6,10,12H,7-9H2,1-3H3,(H,17,20). The number of pyridine rings is 1. The SMILES string of the molecule is COc1ncccc1CNC(=O)C1CC(=O)N(C(C)C)C1. The Labute approximate surface area is 124 Å². The summed E-state index contributed by atoms with van der Waals surface area (Å²) in [7, 11) is 1.55. The molecule has 1 saturated heterocycles. The van der Waals surface area contributed by atoms with E-state index in [0.29, 0.717) is 19.0 Å². The van der Waals surface area contributed by atoms with E-state index in [-0.39, 0.29) is 30.2 Å². The maximum absolute atomic E-state index is 12.2. The molecule has 1 fully saturated rings. The molecule has 2 rings (SSSR count). The molecule has 1 N–H and O–H groups in total. The minimum atomic E-state index is -0.275. The van der Waals surface area contributed by atoms with E-state index in [1.165, 1.54) is 0 Å². The molecule has 2 amide bonds. The first-order valence-electron chi connectivity index (χ1n) is 7.08. The third kappa shape index (κ3) is 3.51. The number of hydrogen-bond donors (Lipinski definition) is 1. The molecule has 1 unspecified atom stereocenters. The van der Waals surface area contributed by atoms with Gasteiger partial charge in [-0.25, -0.2) is 4.98 Å². The molecule has 1 aliphatic rings. The molecule has 1 aliphatic heterocycles. The van der Waals surface area contributed by atoms with Gasteiger partial charge in [-0.05, 0) is 19.9 Å². The zero-order chi connectivity index (χ0) is 15.4. The lowest BCUT2D eigenvalue weighted by Gasteiger charge is -2.20. The highest BCUT2D eigenvalue weighted by Gasteiger charge is 2.35. The van der Waals surface area contributed by atoms with Gasteiger partial charge in [-0.1, -0.05) is 6.07 Å². The van der Waals surface area contributed by atoms with Crippen molar-refractivity contribution in [3.05, 3.63) is 23.9 Å². The molecule has 2 heterocycles. The van der Waals surface area contributed by atoms with Crippen molar-refractivity contribution in [2.45, 2.75) is 32.9 Å². The molecule has 6 nitrogen and oxygen atoms in total. The number of nitrogens with one attached hydrogen (secondary N) is 1. The number of carbonyl (C=O) groups is 2. The van der Waals surface area contributed by atoms with Crippen molar-refractivity contribution in [1.29, 1.82) is 0 Å². The van der Waals surface area contributed by atoms with Crippen molar-refractivity contribution in [1.82, 2.24) is 15.2 Å². The second kappa shape index (κ2) is 6.56. The van der Waals surface area contributed by atoms with Crippen LogP contribution in [0.4, 0.5) is 0 Å². The van der Waals surface area contributed by atoms with Gasteiger partial charge in [-0.15, -0.1) is 0 Å². The number of hydrogen-bond acceptors (Lipinski definition) is 4. The van der Waals surface area contributed by atoms with E-state index < -0.39 is 0 Å². The molecule has 21 heavy (non-hydrogen) atoms. The summed E-state index contributed by atoms with van der Waals surface area (Å²) in [5.41, 5.74) is 0.818. The molecule has 0 radical (unpaired) electrons. The molecule has 0 saturated carbocycles. The molecular formula is C15H21N3O3. The summed E-state index contributed by atoms with van der Waals surface area (Å²) >= 11 is 0. The number of methoxy groups -OCH3 is 1. The lowest BCUT2D eigenvalue weighted by atomic mass is 10.1. The zero-order valence-electron chi connectivity index (χ0n) is 12.6. The first-order valence-corrected chi connectivity index (χ1v) is 7.08. The molecule has 1 aromatic heterocycles. The van der Waals surface area contributed by atoms with Gasteiger partial charge in [0.05, 0.1) is 13.0 Å². The Morgan fingerprint density at radius 1 is 1.57 bits per heavy atom. The lowest BCUT2D eigenvalue weighted by Crippen LogP contribution is -2.35. The average Bonchev–Trinajstić information content (AvgIpc) is 2.87. The Bertz CT molecular complexity index is 531. The van der Waals surface area contributed by atoms with E-state index in [4.69, 9.17) is 4.74 Å². The van der Waals surface area contributed by atoms with Crippen LogP contribution in [-0.2, 0) is 16.1 Å². The van der Waals surface area contributed by atoms with Gasteiger partial charge >= 0.3 is 0 Å². The maximum atomic E-state index is 12.2. The number of rotatable bonds is 5. The Hall–Kier alpha value is -2.11. The minimum Gasteiger partial charge on any atom is -0.481 e. The van der Waals surface area contributed by atoms with Crippen LogP contribution in [0, 0.1) is 5.92 Å². The van der Waals surface area contributed by atoms with Crippen LogP contribution in [-0.4, -0.2) is 41.4 Å². The fourth-order valence-electron chi connectivity index (χ4n) is 2.48. The number of carbonyl (C=O) groups excluding carboxylic acids is 2. The number of ether oxygens (including phenoxy) is 1. The molecule has 1 atom stereocenters. The number of aromatic nitrogens is 1. The highest BCUT2D eigenvalue weighted by atomic mass is 16.5. The van der Waals surface area contributed by atoms with E-state index in [1.54, 1.807) is 24.3 Å². The van der Waals surface area contributed by atoms with E-state index in [9.17, 15) is 9.59 Å². The van der Waals surface area contributed by atoms with Gasteiger partial charge in [0.15, 0.2) is 0 Å². The third-order valence-electron chi connectivity index (χ3n) is 3.65. The fourth-order valence-corrected chi connectivity index (χ4v) is 2.48. The van der Waals surface area contributed by atoms with E-state index in [1.807, 2.05) is 19.9 Å². The molecule has 0 aliphatic carbocycles. The van der Waals surface area contributed by atoms with Crippen LogP contribution < -0.4 is 10.1 Å². The Morgan fingerprint density at radius 3 is 2.95 bits per heavy atom. The van der Waals surface area contributed by atoms with E-state index in [0.717, 1.165) is 5.56 Å². The fraction of sp³-hybridized carbons (Fsp3) is 0.533. The molecule has 114 valence electrons. The van der Waals surface area contributed by atoms with Crippen LogP contribution in [0.25, 0.3) is 0 Å². The normalized spacial score (nSPS) is 18.2. The highest BCUT2D eigenvalue weighted by molar-refractivity contribution is 5.89. The van der Waals surface area contributed by atoms with Gasteiger partial charge < -0.3 is 15.0 Å². The number of nitrogens with zero attached hydrogens (tertiary/aromatic N) is 2. The smallest absolute Gasteiger partial charge is 0.225 e.